The Labute approximate surface area is 130 Å². The van der Waals surface area contributed by atoms with Crippen molar-refractivity contribution in [3.05, 3.63) is 45.1 Å². The van der Waals surface area contributed by atoms with Crippen molar-refractivity contribution in [3.63, 3.8) is 0 Å². The summed E-state index contributed by atoms with van der Waals surface area (Å²) < 4.78 is 6.14. The summed E-state index contributed by atoms with van der Waals surface area (Å²) in [4.78, 5) is 13.7. The van der Waals surface area contributed by atoms with Crippen molar-refractivity contribution in [2.45, 2.75) is 6.54 Å². The SMILES string of the molecule is COc1ccc(NC(=O)N(C)Cc2csc(Br)c2)cc1. The first-order valence-corrected chi connectivity index (χ1v) is 7.65. The van der Waals surface area contributed by atoms with Gasteiger partial charge in [-0.2, -0.15) is 0 Å². The molecule has 0 aliphatic carbocycles. The molecule has 0 radical (unpaired) electrons. The van der Waals surface area contributed by atoms with Crippen LogP contribution in [0.25, 0.3) is 0 Å². The van der Waals surface area contributed by atoms with Crippen LogP contribution in [0.5, 0.6) is 5.75 Å². The van der Waals surface area contributed by atoms with Crippen molar-refractivity contribution in [1.82, 2.24) is 4.90 Å². The van der Waals surface area contributed by atoms with Crippen LogP contribution in [0.2, 0.25) is 0 Å². The van der Waals surface area contributed by atoms with E-state index in [-0.39, 0.29) is 6.03 Å². The van der Waals surface area contributed by atoms with E-state index in [0.29, 0.717) is 6.54 Å². The van der Waals surface area contributed by atoms with E-state index >= 15 is 0 Å². The summed E-state index contributed by atoms with van der Waals surface area (Å²) in [6.45, 7) is 0.574. The van der Waals surface area contributed by atoms with Gasteiger partial charge in [-0.25, -0.2) is 4.79 Å². The van der Waals surface area contributed by atoms with Gasteiger partial charge in [-0.3, -0.25) is 0 Å². The fourth-order valence-corrected chi connectivity index (χ4v) is 2.87. The third-order valence-electron chi connectivity index (χ3n) is 2.73. The average molecular weight is 355 g/mol. The second-order valence-electron chi connectivity index (χ2n) is 4.27. The predicted octanol–water partition coefficient (Wildman–Crippen LogP) is 4.18. The highest BCUT2D eigenvalue weighted by atomic mass is 79.9. The molecule has 0 saturated carbocycles. The molecule has 6 heteroatoms. The van der Waals surface area contributed by atoms with Gasteiger partial charge in [0.25, 0.3) is 0 Å². The molecule has 0 aliphatic rings. The lowest BCUT2D eigenvalue weighted by molar-refractivity contribution is 0.221. The molecule has 4 nitrogen and oxygen atoms in total. The predicted molar refractivity (Wildman–Crippen MR) is 85.5 cm³/mol. The number of rotatable bonds is 4. The molecule has 2 aromatic rings. The van der Waals surface area contributed by atoms with Gasteiger partial charge in [-0.15, -0.1) is 11.3 Å². The largest absolute Gasteiger partial charge is 0.497 e. The van der Waals surface area contributed by atoms with Gasteiger partial charge in [-0.1, -0.05) is 0 Å². The van der Waals surface area contributed by atoms with Crippen molar-refractivity contribution >= 4 is 39.0 Å². The highest BCUT2D eigenvalue weighted by Crippen LogP contribution is 2.22. The number of halogens is 1. The van der Waals surface area contributed by atoms with Crippen LogP contribution in [0.15, 0.2) is 39.5 Å². The monoisotopic (exact) mass is 354 g/mol. The van der Waals surface area contributed by atoms with Crippen molar-refractivity contribution in [2.75, 3.05) is 19.5 Å². The Morgan fingerprint density at radius 2 is 2.10 bits per heavy atom. The normalized spacial score (nSPS) is 10.2. The van der Waals surface area contributed by atoms with E-state index in [1.54, 1.807) is 30.4 Å². The van der Waals surface area contributed by atoms with Crippen LogP contribution in [-0.4, -0.2) is 25.1 Å². The minimum Gasteiger partial charge on any atom is -0.497 e. The molecule has 1 aromatic heterocycles. The summed E-state index contributed by atoms with van der Waals surface area (Å²) in [5, 5.41) is 4.87. The number of carbonyl (C=O) groups excluding carboxylic acids is 1. The second kappa shape index (κ2) is 6.76. The van der Waals surface area contributed by atoms with E-state index in [0.717, 1.165) is 20.8 Å². The number of hydrogen-bond donors (Lipinski definition) is 1. The summed E-state index contributed by atoms with van der Waals surface area (Å²) in [6, 6.07) is 9.12. The number of thiophene rings is 1. The van der Waals surface area contributed by atoms with Crippen molar-refractivity contribution in [3.8, 4) is 5.75 Å². The summed E-state index contributed by atoms with van der Waals surface area (Å²) in [6.07, 6.45) is 0. The standard InChI is InChI=1S/C14H15BrN2O2S/c1-17(8-10-7-13(15)20-9-10)14(18)16-11-3-5-12(19-2)6-4-11/h3-7,9H,8H2,1-2H3,(H,16,18). The van der Waals surface area contributed by atoms with Crippen molar-refractivity contribution < 1.29 is 9.53 Å². The second-order valence-corrected chi connectivity index (χ2v) is 6.56. The number of anilines is 1. The molecular weight excluding hydrogens is 340 g/mol. The highest BCUT2D eigenvalue weighted by Gasteiger charge is 2.10. The Morgan fingerprint density at radius 3 is 2.65 bits per heavy atom. The van der Waals surface area contributed by atoms with Crippen LogP contribution < -0.4 is 10.1 Å². The summed E-state index contributed by atoms with van der Waals surface area (Å²) in [7, 11) is 3.38. The number of hydrogen-bond acceptors (Lipinski definition) is 3. The van der Waals surface area contributed by atoms with Crippen LogP contribution >= 0.6 is 27.3 Å². The van der Waals surface area contributed by atoms with Gasteiger partial charge in [0.15, 0.2) is 0 Å². The van der Waals surface area contributed by atoms with Gasteiger partial charge in [0.2, 0.25) is 0 Å². The Balaban J connectivity index is 1.93. The number of benzene rings is 1. The Bertz CT molecular complexity index is 583. The van der Waals surface area contributed by atoms with Crippen LogP contribution in [0.3, 0.4) is 0 Å². The summed E-state index contributed by atoms with van der Waals surface area (Å²) >= 11 is 5.02. The highest BCUT2D eigenvalue weighted by molar-refractivity contribution is 9.11. The molecule has 0 atom stereocenters. The molecule has 0 bridgehead atoms. The molecule has 20 heavy (non-hydrogen) atoms. The van der Waals surface area contributed by atoms with E-state index in [1.807, 2.05) is 35.7 Å². The van der Waals surface area contributed by atoms with Crippen LogP contribution in [0.1, 0.15) is 5.56 Å². The zero-order valence-electron chi connectivity index (χ0n) is 11.2. The average Bonchev–Trinajstić information content (AvgIpc) is 2.85. The maximum absolute atomic E-state index is 12.1. The maximum atomic E-state index is 12.1. The lowest BCUT2D eigenvalue weighted by Crippen LogP contribution is -2.30. The molecule has 0 fully saturated rings. The quantitative estimate of drug-likeness (QED) is 0.894. The first-order chi connectivity index (χ1) is 9.58. The molecule has 0 unspecified atom stereocenters. The number of nitrogens with zero attached hydrogens (tertiary/aromatic N) is 1. The van der Waals surface area contributed by atoms with Gasteiger partial charge >= 0.3 is 6.03 Å². The van der Waals surface area contributed by atoms with Crippen molar-refractivity contribution in [2.24, 2.45) is 0 Å². The molecular formula is C14H15BrN2O2S. The minimum atomic E-state index is -0.141. The summed E-state index contributed by atoms with van der Waals surface area (Å²) in [5.74, 6) is 0.763. The first-order valence-electron chi connectivity index (χ1n) is 5.97. The molecule has 106 valence electrons. The molecule has 0 aliphatic heterocycles. The minimum absolute atomic E-state index is 0.141. The van der Waals surface area contributed by atoms with Gasteiger partial charge in [-0.05, 0) is 57.2 Å². The first kappa shape index (κ1) is 14.9. The molecule has 2 rings (SSSR count). The molecule has 2 amide bonds. The van der Waals surface area contributed by atoms with Gasteiger partial charge in [0, 0.05) is 19.3 Å². The molecule has 0 saturated heterocycles. The van der Waals surface area contributed by atoms with Crippen LogP contribution in [-0.2, 0) is 6.54 Å². The Kier molecular flexibility index (Phi) is 5.03. The third-order valence-corrected chi connectivity index (χ3v) is 4.28. The van der Waals surface area contributed by atoms with Gasteiger partial charge in [0.1, 0.15) is 5.75 Å². The smallest absolute Gasteiger partial charge is 0.321 e. The van der Waals surface area contributed by atoms with Gasteiger partial charge < -0.3 is 15.0 Å². The molecule has 1 aromatic carbocycles. The van der Waals surface area contributed by atoms with E-state index in [9.17, 15) is 4.79 Å². The number of nitrogens with one attached hydrogen (secondary N) is 1. The Morgan fingerprint density at radius 1 is 1.40 bits per heavy atom. The van der Waals surface area contributed by atoms with E-state index in [1.165, 1.54) is 0 Å². The molecule has 1 N–H and O–H groups in total. The van der Waals surface area contributed by atoms with E-state index < -0.39 is 0 Å². The third kappa shape index (κ3) is 3.98. The topological polar surface area (TPSA) is 41.6 Å². The van der Waals surface area contributed by atoms with Crippen molar-refractivity contribution in [1.29, 1.82) is 0 Å². The zero-order valence-corrected chi connectivity index (χ0v) is 13.6. The molecule has 0 spiro atoms. The Hall–Kier alpha value is -1.53. The lowest BCUT2D eigenvalue weighted by Gasteiger charge is -2.17. The van der Waals surface area contributed by atoms with Gasteiger partial charge in [0.05, 0.1) is 10.9 Å². The fraction of sp³-hybridized carbons (Fsp3) is 0.214. The van der Waals surface area contributed by atoms with E-state index in [2.05, 4.69) is 21.2 Å². The number of amides is 2. The zero-order chi connectivity index (χ0) is 14.5. The fourth-order valence-electron chi connectivity index (χ4n) is 1.67. The lowest BCUT2D eigenvalue weighted by atomic mass is 10.3. The maximum Gasteiger partial charge on any atom is 0.321 e. The van der Waals surface area contributed by atoms with Crippen LogP contribution in [0, 0.1) is 0 Å². The number of carbonyl (C=O) groups is 1. The number of methoxy groups -OCH3 is 1. The number of ether oxygens (including phenoxy) is 1. The molecule has 1 heterocycles. The summed E-state index contributed by atoms with van der Waals surface area (Å²) in [5.41, 5.74) is 1.85. The number of urea groups is 1. The van der Waals surface area contributed by atoms with E-state index in [4.69, 9.17) is 4.74 Å². The van der Waals surface area contributed by atoms with Crippen LogP contribution in [0.4, 0.5) is 10.5 Å².